The summed E-state index contributed by atoms with van der Waals surface area (Å²) in [5.41, 5.74) is 0.471. The van der Waals surface area contributed by atoms with E-state index in [9.17, 15) is 9.18 Å². The topological polar surface area (TPSA) is 50.7 Å². The molecule has 4 nitrogen and oxygen atoms in total. The number of ether oxygens (including phenoxy) is 1. The van der Waals surface area contributed by atoms with Crippen LogP contribution in [0.5, 0.6) is 0 Å². The third kappa shape index (κ3) is 3.15. The number of carbonyl (C=O) groups is 1. The lowest BCUT2D eigenvalue weighted by Crippen LogP contribution is -2.48. The first-order valence-corrected chi connectivity index (χ1v) is 9.59. The molecule has 2 atom stereocenters. The van der Waals surface area contributed by atoms with Gasteiger partial charge < -0.3 is 10.1 Å². The molecule has 134 valence electrons. The van der Waals surface area contributed by atoms with Crippen molar-refractivity contribution in [2.75, 3.05) is 19.0 Å². The Morgan fingerprint density at radius 2 is 1.96 bits per heavy atom. The Morgan fingerprint density at radius 1 is 1.19 bits per heavy atom. The van der Waals surface area contributed by atoms with E-state index in [1.807, 2.05) is 24.3 Å². The first kappa shape index (κ1) is 17.2. The second-order valence-electron chi connectivity index (χ2n) is 6.47. The largest absolute Gasteiger partial charge is 0.381 e. The number of amides is 1. The molecule has 2 aliphatic rings. The summed E-state index contributed by atoms with van der Waals surface area (Å²) < 4.78 is 20.2. The second-order valence-corrected chi connectivity index (χ2v) is 7.48. The minimum absolute atomic E-state index is 0.0792. The van der Waals surface area contributed by atoms with Crippen LogP contribution in [-0.4, -0.2) is 30.0 Å². The number of fused-ring (bicyclic) bond motifs is 1. The summed E-state index contributed by atoms with van der Waals surface area (Å²) in [6.45, 7) is 1.07. The fourth-order valence-electron chi connectivity index (χ4n) is 3.57. The SMILES string of the molecule is O=C(NC1=N[C@@]2(c3ccccc3F)CCOC[C@@H]2CS1)c1ccccc1. The summed E-state index contributed by atoms with van der Waals surface area (Å²) in [4.78, 5) is 17.3. The highest BCUT2D eigenvalue weighted by Gasteiger charge is 2.47. The summed E-state index contributed by atoms with van der Waals surface area (Å²) in [5.74, 6) is 0.341. The summed E-state index contributed by atoms with van der Waals surface area (Å²) in [5, 5.41) is 3.43. The molecule has 0 aliphatic carbocycles. The first-order valence-electron chi connectivity index (χ1n) is 8.61. The number of hydrogen-bond acceptors (Lipinski definition) is 4. The minimum atomic E-state index is -0.686. The quantitative estimate of drug-likeness (QED) is 0.879. The standard InChI is InChI=1S/C20H19FN2O2S/c21-17-9-5-4-8-16(17)20-10-11-25-12-15(20)13-26-19(23-20)22-18(24)14-6-2-1-3-7-14/h1-9,15H,10-13H2,(H,22,23,24)/t15-,20+/m1/s1. The molecule has 6 heteroatoms. The molecule has 1 amide bonds. The van der Waals surface area contributed by atoms with Gasteiger partial charge in [0.2, 0.25) is 0 Å². The van der Waals surface area contributed by atoms with Gasteiger partial charge in [0.05, 0.1) is 12.1 Å². The smallest absolute Gasteiger partial charge is 0.257 e. The van der Waals surface area contributed by atoms with Crippen LogP contribution in [0.2, 0.25) is 0 Å². The highest BCUT2D eigenvalue weighted by molar-refractivity contribution is 8.13. The maximum atomic E-state index is 14.6. The monoisotopic (exact) mass is 370 g/mol. The Labute approximate surface area is 155 Å². The molecule has 0 radical (unpaired) electrons. The number of nitrogens with one attached hydrogen (secondary N) is 1. The molecule has 0 aromatic heterocycles. The summed E-state index contributed by atoms with van der Waals surface area (Å²) in [6, 6.07) is 15.8. The first-order chi connectivity index (χ1) is 12.7. The second kappa shape index (κ2) is 7.21. The number of rotatable bonds is 2. The van der Waals surface area contributed by atoms with E-state index in [1.165, 1.54) is 17.8 Å². The number of carbonyl (C=O) groups excluding carboxylic acids is 1. The molecule has 2 aromatic rings. The van der Waals surface area contributed by atoms with Crippen molar-refractivity contribution in [1.29, 1.82) is 0 Å². The maximum Gasteiger partial charge on any atom is 0.257 e. The molecular formula is C20H19FN2O2S. The average molecular weight is 370 g/mol. The van der Waals surface area contributed by atoms with Gasteiger partial charge in [0.25, 0.3) is 5.91 Å². The molecule has 26 heavy (non-hydrogen) atoms. The van der Waals surface area contributed by atoms with E-state index in [-0.39, 0.29) is 17.6 Å². The fraction of sp³-hybridized carbons (Fsp3) is 0.300. The third-order valence-corrected chi connectivity index (χ3v) is 5.98. The molecule has 0 bridgehead atoms. The van der Waals surface area contributed by atoms with Crippen molar-refractivity contribution in [3.8, 4) is 0 Å². The van der Waals surface area contributed by atoms with Crippen molar-refractivity contribution < 1.29 is 13.9 Å². The Bertz CT molecular complexity index is 843. The van der Waals surface area contributed by atoms with Crippen LogP contribution in [0.4, 0.5) is 4.39 Å². The van der Waals surface area contributed by atoms with Gasteiger partial charge in [0, 0.05) is 35.8 Å². The van der Waals surface area contributed by atoms with Crippen molar-refractivity contribution in [2.45, 2.75) is 12.0 Å². The zero-order chi connectivity index (χ0) is 18.0. The fourth-order valence-corrected chi connectivity index (χ4v) is 4.69. The molecule has 0 unspecified atom stereocenters. The molecule has 2 aliphatic heterocycles. The lowest BCUT2D eigenvalue weighted by Gasteiger charge is -2.44. The molecule has 0 saturated carbocycles. The number of nitrogens with zero attached hydrogens (tertiary/aromatic N) is 1. The van der Waals surface area contributed by atoms with Gasteiger partial charge in [0.1, 0.15) is 5.82 Å². The number of amidine groups is 1. The van der Waals surface area contributed by atoms with Crippen LogP contribution < -0.4 is 5.32 Å². The highest BCUT2D eigenvalue weighted by atomic mass is 32.2. The Hall–Kier alpha value is -2.18. The Morgan fingerprint density at radius 3 is 2.77 bits per heavy atom. The van der Waals surface area contributed by atoms with Gasteiger partial charge in [0.15, 0.2) is 5.17 Å². The Kier molecular flexibility index (Phi) is 4.78. The van der Waals surface area contributed by atoms with E-state index < -0.39 is 5.54 Å². The lowest BCUT2D eigenvalue weighted by molar-refractivity contribution is 0.00876. The van der Waals surface area contributed by atoms with E-state index in [1.54, 1.807) is 24.3 Å². The van der Waals surface area contributed by atoms with Gasteiger partial charge in [-0.25, -0.2) is 4.39 Å². The summed E-state index contributed by atoms with van der Waals surface area (Å²) >= 11 is 1.49. The Balaban J connectivity index is 1.69. The van der Waals surface area contributed by atoms with Crippen LogP contribution in [0.25, 0.3) is 0 Å². The number of aliphatic imine (C=N–C) groups is 1. The molecule has 1 saturated heterocycles. The zero-order valence-corrected chi connectivity index (χ0v) is 15.0. The van der Waals surface area contributed by atoms with E-state index in [0.29, 0.717) is 35.9 Å². The van der Waals surface area contributed by atoms with Crippen LogP contribution in [0.1, 0.15) is 22.3 Å². The summed E-state index contributed by atoms with van der Waals surface area (Å²) in [6.07, 6.45) is 0.601. The molecular weight excluding hydrogens is 351 g/mol. The molecule has 2 heterocycles. The zero-order valence-electron chi connectivity index (χ0n) is 14.2. The van der Waals surface area contributed by atoms with E-state index >= 15 is 0 Å². The van der Waals surface area contributed by atoms with E-state index in [4.69, 9.17) is 9.73 Å². The number of halogens is 1. The normalized spacial score (nSPS) is 25.1. The van der Waals surface area contributed by atoms with Gasteiger partial charge in [-0.1, -0.05) is 48.2 Å². The van der Waals surface area contributed by atoms with Gasteiger partial charge in [-0.15, -0.1) is 0 Å². The van der Waals surface area contributed by atoms with Gasteiger partial charge in [-0.3, -0.25) is 9.79 Å². The predicted molar refractivity (Wildman–Crippen MR) is 101 cm³/mol. The van der Waals surface area contributed by atoms with Crippen LogP contribution >= 0.6 is 11.8 Å². The van der Waals surface area contributed by atoms with Gasteiger partial charge in [-0.05, 0) is 18.2 Å². The minimum Gasteiger partial charge on any atom is -0.381 e. The third-order valence-electron chi connectivity index (χ3n) is 4.94. The predicted octanol–water partition coefficient (Wildman–Crippen LogP) is 3.59. The van der Waals surface area contributed by atoms with Crippen molar-refractivity contribution in [1.82, 2.24) is 5.32 Å². The number of hydrogen-bond donors (Lipinski definition) is 1. The van der Waals surface area contributed by atoms with Gasteiger partial charge in [-0.2, -0.15) is 0 Å². The number of thioether (sulfide) groups is 1. The molecule has 4 rings (SSSR count). The maximum absolute atomic E-state index is 14.6. The number of benzene rings is 2. The highest BCUT2D eigenvalue weighted by Crippen LogP contribution is 2.46. The van der Waals surface area contributed by atoms with Crippen LogP contribution in [0.15, 0.2) is 59.6 Å². The van der Waals surface area contributed by atoms with E-state index in [2.05, 4.69) is 5.32 Å². The van der Waals surface area contributed by atoms with Crippen molar-refractivity contribution in [3.63, 3.8) is 0 Å². The van der Waals surface area contributed by atoms with Crippen molar-refractivity contribution in [2.24, 2.45) is 10.9 Å². The van der Waals surface area contributed by atoms with Crippen molar-refractivity contribution >= 4 is 22.8 Å². The van der Waals surface area contributed by atoms with Crippen LogP contribution in [0.3, 0.4) is 0 Å². The molecule has 0 spiro atoms. The van der Waals surface area contributed by atoms with E-state index in [0.717, 1.165) is 5.75 Å². The average Bonchev–Trinajstić information content (AvgIpc) is 2.68. The van der Waals surface area contributed by atoms with Crippen molar-refractivity contribution in [3.05, 3.63) is 71.5 Å². The van der Waals surface area contributed by atoms with Gasteiger partial charge >= 0.3 is 0 Å². The summed E-state index contributed by atoms with van der Waals surface area (Å²) in [7, 11) is 0. The van der Waals surface area contributed by atoms with Crippen LogP contribution in [0, 0.1) is 11.7 Å². The molecule has 2 aromatic carbocycles. The molecule has 1 N–H and O–H groups in total. The molecule has 1 fully saturated rings. The van der Waals surface area contributed by atoms with Crippen LogP contribution in [-0.2, 0) is 10.3 Å². The lowest BCUT2D eigenvalue weighted by atomic mass is 9.75.